The van der Waals surface area contributed by atoms with Crippen LogP contribution in [0.25, 0.3) is 11.1 Å². The molecule has 110 valence electrons. The molecule has 1 aliphatic rings. The predicted molar refractivity (Wildman–Crippen MR) is 90.2 cm³/mol. The zero-order valence-corrected chi connectivity index (χ0v) is 14.1. The van der Waals surface area contributed by atoms with E-state index in [2.05, 4.69) is 69.6 Å². The number of hydrogen-bond acceptors (Lipinski definition) is 3. The van der Waals surface area contributed by atoms with Crippen molar-refractivity contribution >= 4 is 23.9 Å². The van der Waals surface area contributed by atoms with E-state index in [-0.39, 0.29) is 18.3 Å². The number of thiophene rings is 1. The van der Waals surface area contributed by atoms with Gasteiger partial charge in [-0.05, 0) is 68.0 Å². The smallest absolute Gasteiger partial charge is 0.399 e. The summed E-state index contributed by atoms with van der Waals surface area (Å²) in [5.74, 6) is 0. The van der Waals surface area contributed by atoms with Gasteiger partial charge in [0.05, 0.1) is 11.2 Å². The van der Waals surface area contributed by atoms with Gasteiger partial charge in [-0.2, -0.15) is 11.3 Å². The average Bonchev–Trinajstić information content (AvgIpc) is 2.96. The van der Waals surface area contributed by atoms with Crippen molar-refractivity contribution in [3.05, 3.63) is 40.6 Å². The molecule has 1 fully saturated rings. The average molecular weight is 300 g/mol. The SMILES string of the molecule is Cc1ccc(B2OC(C)(C)C(C)(C)O2)c(-c2ccsc2)c1. The van der Waals surface area contributed by atoms with E-state index in [0.29, 0.717) is 0 Å². The van der Waals surface area contributed by atoms with Crippen LogP contribution < -0.4 is 5.46 Å². The van der Waals surface area contributed by atoms with Crippen molar-refractivity contribution in [1.29, 1.82) is 0 Å². The maximum atomic E-state index is 6.21. The number of hydrogen-bond donors (Lipinski definition) is 0. The largest absolute Gasteiger partial charge is 0.495 e. The van der Waals surface area contributed by atoms with Gasteiger partial charge in [0.25, 0.3) is 0 Å². The van der Waals surface area contributed by atoms with Crippen LogP contribution in [0.2, 0.25) is 0 Å². The molecule has 21 heavy (non-hydrogen) atoms. The Bertz CT molecular complexity index is 631. The highest BCUT2D eigenvalue weighted by molar-refractivity contribution is 7.08. The third-order valence-corrected chi connectivity index (χ3v) is 5.23. The first kappa shape index (κ1) is 14.8. The summed E-state index contributed by atoms with van der Waals surface area (Å²) in [4.78, 5) is 0. The third kappa shape index (κ3) is 2.56. The van der Waals surface area contributed by atoms with Gasteiger partial charge in [0, 0.05) is 0 Å². The standard InChI is InChI=1S/C17H21BO2S/c1-12-6-7-15(14(10-12)13-8-9-21-11-13)18-19-16(2,3)17(4,5)20-18/h6-11H,1-5H3. The maximum Gasteiger partial charge on any atom is 0.495 e. The second-order valence-electron chi connectivity index (χ2n) is 6.69. The summed E-state index contributed by atoms with van der Waals surface area (Å²) in [5, 5.41) is 4.27. The highest BCUT2D eigenvalue weighted by Crippen LogP contribution is 2.37. The van der Waals surface area contributed by atoms with Gasteiger partial charge in [0.15, 0.2) is 0 Å². The molecule has 2 heterocycles. The van der Waals surface area contributed by atoms with Crippen LogP contribution in [0.15, 0.2) is 35.0 Å². The molecule has 0 amide bonds. The molecule has 2 aromatic rings. The second kappa shape index (κ2) is 4.97. The fourth-order valence-corrected chi connectivity index (χ4v) is 3.17. The summed E-state index contributed by atoms with van der Waals surface area (Å²) >= 11 is 1.71. The van der Waals surface area contributed by atoms with Gasteiger partial charge in [-0.15, -0.1) is 0 Å². The van der Waals surface area contributed by atoms with E-state index in [0.717, 1.165) is 5.46 Å². The molecular weight excluding hydrogens is 279 g/mol. The maximum absolute atomic E-state index is 6.21. The minimum atomic E-state index is -0.314. The van der Waals surface area contributed by atoms with E-state index in [1.54, 1.807) is 11.3 Å². The molecular formula is C17H21BO2S. The van der Waals surface area contributed by atoms with Crippen molar-refractivity contribution in [3.63, 3.8) is 0 Å². The molecule has 0 atom stereocenters. The van der Waals surface area contributed by atoms with Gasteiger partial charge in [0.1, 0.15) is 0 Å². The van der Waals surface area contributed by atoms with Gasteiger partial charge in [-0.25, -0.2) is 0 Å². The molecule has 0 aliphatic carbocycles. The number of aryl methyl sites for hydroxylation is 1. The molecule has 0 N–H and O–H groups in total. The second-order valence-corrected chi connectivity index (χ2v) is 7.47. The van der Waals surface area contributed by atoms with Crippen molar-refractivity contribution in [3.8, 4) is 11.1 Å². The molecule has 0 radical (unpaired) electrons. The zero-order valence-electron chi connectivity index (χ0n) is 13.3. The van der Waals surface area contributed by atoms with Crippen molar-refractivity contribution in [2.75, 3.05) is 0 Å². The van der Waals surface area contributed by atoms with Gasteiger partial charge in [-0.1, -0.05) is 23.8 Å². The zero-order chi connectivity index (χ0) is 15.3. The molecule has 1 aliphatic heterocycles. The lowest BCUT2D eigenvalue weighted by atomic mass is 9.74. The Balaban J connectivity index is 2.05. The summed E-state index contributed by atoms with van der Waals surface area (Å²) in [7, 11) is -0.314. The highest BCUT2D eigenvalue weighted by Gasteiger charge is 2.52. The quantitative estimate of drug-likeness (QED) is 0.780. The Morgan fingerprint density at radius 1 is 1.00 bits per heavy atom. The summed E-state index contributed by atoms with van der Waals surface area (Å²) < 4.78 is 12.4. The lowest BCUT2D eigenvalue weighted by Gasteiger charge is -2.32. The molecule has 2 nitrogen and oxygen atoms in total. The lowest BCUT2D eigenvalue weighted by molar-refractivity contribution is 0.00578. The molecule has 0 bridgehead atoms. The van der Waals surface area contributed by atoms with Crippen LogP contribution in [0.5, 0.6) is 0 Å². The topological polar surface area (TPSA) is 18.5 Å². The molecule has 1 saturated heterocycles. The first-order valence-corrected chi connectivity index (χ1v) is 8.23. The fourth-order valence-electron chi connectivity index (χ4n) is 2.51. The Hall–Kier alpha value is -1.10. The summed E-state index contributed by atoms with van der Waals surface area (Å²) in [6.45, 7) is 10.5. The normalized spacial score (nSPS) is 20.0. The van der Waals surface area contributed by atoms with Crippen LogP contribution >= 0.6 is 11.3 Å². The van der Waals surface area contributed by atoms with Crippen LogP contribution in [-0.4, -0.2) is 18.3 Å². The van der Waals surface area contributed by atoms with Crippen LogP contribution in [-0.2, 0) is 9.31 Å². The van der Waals surface area contributed by atoms with Crippen LogP contribution in [0.3, 0.4) is 0 Å². The summed E-state index contributed by atoms with van der Waals surface area (Å²) in [5.41, 5.74) is 4.17. The van der Waals surface area contributed by atoms with Crippen molar-refractivity contribution in [2.24, 2.45) is 0 Å². The molecule has 1 aromatic carbocycles. The first-order valence-electron chi connectivity index (χ1n) is 7.29. The lowest BCUT2D eigenvalue weighted by Crippen LogP contribution is -2.41. The van der Waals surface area contributed by atoms with Gasteiger partial charge in [-0.3, -0.25) is 0 Å². The Labute approximate surface area is 131 Å². The monoisotopic (exact) mass is 300 g/mol. The molecule has 4 heteroatoms. The Morgan fingerprint density at radius 2 is 1.67 bits per heavy atom. The van der Waals surface area contributed by atoms with E-state index in [1.807, 2.05) is 0 Å². The fraction of sp³-hybridized carbons (Fsp3) is 0.412. The Morgan fingerprint density at radius 3 is 2.24 bits per heavy atom. The number of benzene rings is 1. The van der Waals surface area contributed by atoms with E-state index in [9.17, 15) is 0 Å². The molecule has 0 saturated carbocycles. The van der Waals surface area contributed by atoms with Gasteiger partial charge >= 0.3 is 7.12 Å². The summed E-state index contributed by atoms with van der Waals surface area (Å²) in [6.07, 6.45) is 0. The van der Waals surface area contributed by atoms with E-state index < -0.39 is 0 Å². The van der Waals surface area contributed by atoms with E-state index in [1.165, 1.54) is 16.7 Å². The van der Waals surface area contributed by atoms with Crippen molar-refractivity contribution < 1.29 is 9.31 Å². The van der Waals surface area contributed by atoms with Crippen LogP contribution in [0.1, 0.15) is 33.3 Å². The highest BCUT2D eigenvalue weighted by atomic mass is 32.1. The Kier molecular flexibility index (Phi) is 3.51. The van der Waals surface area contributed by atoms with Gasteiger partial charge < -0.3 is 9.31 Å². The van der Waals surface area contributed by atoms with Crippen LogP contribution in [0, 0.1) is 6.92 Å². The molecule has 0 spiro atoms. The first-order chi connectivity index (χ1) is 9.80. The predicted octanol–water partition coefficient (Wildman–Crippen LogP) is 4.02. The number of rotatable bonds is 2. The minimum Gasteiger partial charge on any atom is -0.399 e. The molecule has 1 aromatic heterocycles. The van der Waals surface area contributed by atoms with Crippen molar-refractivity contribution in [2.45, 2.75) is 45.8 Å². The van der Waals surface area contributed by atoms with Crippen LogP contribution in [0.4, 0.5) is 0 Å². The third-order valence-electron chi connectivity index (χ3n) is 4.55. The van der Waals surface area contributed by atoms with E-state index in [4.69, 9.17) is 9.31 Å². The minimum absolute atomic E-state index is 0.311. The summed E-state index contributed by atoms with van der Waals surface area (Å²) in [6, 6.07) is 8.61. The van der Waals surface area contributed by atoms with Gasteiger partial charge in [0.2, 0.25) is 0 Å². The van der Waals surface area contributed by atoms with E-state index >= 15 is 0 Å². The molecule has 0 unspecified atom stereocenters. The molecule has 3 rings (SSSR count). The van der Waals surface area contributed by atoms with Crippen molar-refractivity contribution in [1.82, 2.24) is 0 Å².